The van der Waals surface area contributed by atoms with Gasteiger partial charge >= 0.3 is 0 Å². The highest BCUT2D eigenvalue weighted by Gasteiger charge is 2.34. The summed E-state index contributed by atoms with van der Waals surface area (Å²) in [6, 6.07) is 3.50. The number of hydrogen-bond donors (Lipinski definition) is 0. The number of methoxy groups -OCH3 is 1. The van der Waals surface area contributed by atoms with Gasteiger partial charge in [-0.15, -0.1) is 12.4 Å². The van der Waals surface area contributed by atoms with Gasteiger partial charge in [0.15, 0.2) is 11.5 Å². The van der Waals surface area contributed by atoms with E-state index in [4.69, 9.17) is 14.2 Å². The van der Waals surface area contributed by atoms with Crippen LogP contribution in [0.15, 0.2) is 12.1 Å². The van der Waals surface area contributed by atoms with Crippen molar-refractivity contribution in [1.29, 1.82) is 0 Å². The third-order valence-electron chi connectivity index (χ3n) is 5.50. The van der Waals surface area contributed by atoms with Crippen LogP contribution in [0.25, 0.3) is 0 Å². The summed E-state index contributed by atoms with van der Waals surface area (Å²) in [5.41, 5.74) is 1.20. The summed E-state index contributed by atoms with van der Waals surface area (Å²) in [5, 5.41) is 0. The summed E-state index contributed by atoms with van der Waals surface area (Å²) in [6.07, 6.45) is 4.04. The lowest BCUT2D eigenvalue weighted by atomic mass is 9.96. The molecule has 7 nitrogen and oxygen atoms in total. The number of benzene rings is 1. The van der Waals surface area contributed by atoms with Crippen LogP contribution < -0.4 is 9.47 Å². The van der Waals surface area contributed by atoms with E-state index in [2.05, 4.69) is 11.8 Å². The van der Waals surface area contributed by atoms with Crippen LogP contribution in [0.5, 0.6) is 11.5 Å². The maximum atomic E-state index is 13.0. The zero-order valence-corrected chi connectivity index (χ0v) is 18.8. The van der Waals surface area contributed by atoms with Crippen molar-refractivity contribution in [3.8, 4) is 11.5 Å². The molecule has 2 amide bonds. The number of halogens is 1. The molecule has 2 aliphatic rings. The van der Waals surface area contributed by atoms with E-state index < -0.39 is 0 Å². The molecule has 168 valence electrons. The Balaban J connectivity index is 0.00000320. The van der Waals surface area contributed by atoms with Gasteiger partial charge in [0.25, 0.3) is 5.91 Å². The Kier molecular flexibility index (Phi) is 9.88. The minimum absolute atomic E-state index is 0. The highest BCUT2D eigenvalue weighted by molar-refractivity contribution is 6.10. The van der Waals surface area contributed by atoms with Crippen LogP contribution in [0.3, 0.4) is 0 Å². The third kappa shape index (κ3) is 5.86. The van der Waals surface area contributed by atoms with E-state index in [1.54, 1.807) is 19.2 Å². The first-order valence-corrected chi connectivity index (χ1v) is 10.6. The van der Waals surface area contributed by atoms with Gasteiger partial charge < -0.3 is 14.2 Å². The van der Waals surface area contributed by atoms with Crippen LogP contribution in [-0.2, 0) is 16.0 Å². The molecule has 0 atom stereocenters. The Morgan fingerprint density at radius 2 is 1.83 bits per heavy atom. The molecule has 1 aromatic rings. The van der Waals surface area contributed by atoms with Crippen LogP contribution in [0.4, 0.5) is 0 Å². The van der Waals surface area contributed by atoms with Gasteiger partial charge in [-0.1, -0.05) is 19.8 Å². The summed E-state index contributed by atoms with van der Waals surface area (Å²) in [5.74, 6) is 0.702. The second-order valence-corrected chi connectivity index (χ2v) is 7.51. The first-order valence-electron chi connectivity index (χ1n) is 10.6. The van der Waals surface area contributed by atoms with Gasteiger partial charge in [0.1, 0.15) is 0 Å². The molecule has 0 aliphatic carbocycles. The molecule has 2 aliphatic heterocycles. The van der Waals surface area contributed by atoms with Crippen molar-refractivity contribution in [2.75, 3.05) is 53.1 Å². The van der Waals surface area contributed by atoms with E-state index >= 15 is 0 Å². The van der Waals surface area contributed by atoms with Crippen molar-refractivity contribution in [2.24, 2.45) is 0 Å². The van der Waals surface area contributed by atoms with E-state index in [9.17, 15) is 9.59 Å². The summed E-state index contributed by atoms with van der Waals surface area (Å²) in [7, 11) is 1.57. The first kappa shape index (κ1) is 24.4. The Bertz CT molecular complexity index is 722. The number of hydrogen-bond acceptors (Lipinski definition) is 6. The van der Waals surface area contributed by atoms with E-state index in [1.807, 2.05) is 0 Å². The highest BCUT2D eigenvalue weighted by Crippen LogP contribution is 2.37. The summed E-state index contributed by atoms with van der Waals surface area (Å²) < 4.78 is 16.7. The summed E-state index contributed by atoms with van der Waals surface area (Å²) in [4.78, 5) is 29.5. The zero-order valence-electron chi connectivity index (χ0n) is 18.0. The monoisotopic (exact) mass is 440 g/mol. The lowest BCUT2D eigenvalue weighted by Crippen LogP contribution is -2.44. The molecule has 0 aromatic heterocycles. The Morgan fingerprint density at radius 3 is 2.53 bits per heavy atom. The van der Waals surface area contributed by atoms with Crippen molar-refractivity contribution >= 4 is 24.2 Å². The summed E-state index contributed by atoms with van der Waals surface area (Å²) >= 11 is 0. The lowest BCUT2D eigenvalue weighted by Gasteiger charge is -2.30. The predicted molar refractivity (Wildman–Crippen MR) is 117 cm³/mol. The number of morpholine rings is 1. The van der Waals surface area contributed by atoms with Crippen LogP contribution in [0.1, 0.15) is 48.5 Å². The van der Waals surface area contributed by atoms with Crippen molar-refractivity contribution in [1.82, 2.24) is 9.80 Å². The van der Waals surface area contributed by atoms with Gasteiger partial charge in [-0.25, -0.2) is 0 Å². The van der Waals surface area contributed by atoms with Crippen LogP contribution in [0.2, 0.25) is 0 Å². The number of rotatable bonds is 10. The number of fused-ring (bicyclic) bond motifs is 1. The fourth-order valence-corrected chi connectivity index (χ4v) is 3.84. The van der Waals surface area contributed by atoms with Gasteiger partial charge in [-0.2, -0.15) is 0 Å². The Hall–Kier alpha value is -1.83. The Morgan fingerprint density at radius 1 is 1.07 bits per heavy atom. The average Bonchev–Trinajstić information content (AvgIpc) is 2.74. The van der Waals surface area contributed by atoms with Crippen molar-refractivity contribution in [3.63, 3.8) is 0 Å². The number of unbranched alkanes of at least 4 members (excludes halogenated alkanes) is 2. The molecule has 0 unspecified atom stereocenters. The third-order valence-corrected chi connectivity index (χ3v) is 5.50. The second kappa shape index (κ2) is 12.1. The van der Waals surface area contributed by atoms with E-state index in [-0.39, 0.29) is 30.6 Å². The smallest absolute Gasteiger partial charge is 0.260 e. The van der Waals surface area contributed by atoms with Crippen LogP contribution >= 0.6 is 12.4 Å². The molecule has 0 spiro atoms. The molecular weight excluding hydrogens is 408 g/mol. The van der Waals surface area contributed by atoms with Crippen molar-refractivity contribution < 1.29 is 23.8 Å². The molecule has 0 radical (unpaired) electrons. The number of nitrogens with zero attached hydrogens (tertiary/aromatic N) is 2. The fourth-order valence-electron chi connectivity index (χ4n) is 3.84. The van der Waals surface area contributed by atoms with Gasteiger partial charge in [-0.05, 0) is 25.0 Å². The molecule has 1 aromatic carbocycles. The molecule has 0 bridgehead atoms. The van der Waals surface area contributed by atoms with Gasteiger partial charge in [-0.3, -0.25) is 19.4 Å². The van der Waals surface area contributed by atoms with Crippen LogP contribution in [0, 0.1) is 0 Å². The molecule has 0 saturated carbocycles. The van der Waals surface area contributed by atoms with Gasteiger partial charge in [0, 0.05) is 37.3 Å². The standard InChI is InChI=1S/C22H32N2O5.ClH/c1-3-4-5-13-29-21-18-16-20(25)24(10-6-9-23-11-14-28-15-12-23)22(26)17(18)7-8-19(21)27-2;/h7-8H,3-6,9-16H2,1-2H3;1H. The fraction of sp³-hybridized carbons (Fsp3) is 0.636. The predicted octanol–water partition coefficient (Wildman–Crippen LogP) is 2.93. The van der Waals surface area contributed by atoms with E-state index in [0.29, 0.717) is 35.8 Å². The molecular formula is C22H33ClN2O5. The topological polar surface area (TPSA) is 68.3 Å². The first-order chi connectivity index (χ1) is 14.2. The molecule has 8 heteroatoms. The maximum Gasteiger partial charge on any atom is 0.260 e. The average molecular weight is 441 g/mol. The van der Waals surface area contributed by atoms with Crippen molar-refractivity contribution in [2.45, 2.75) is 39.0 Å². The number of ether oxygens (including phenoxy) is 3. The van der Waals surface area contributed by atoms with Gasteiger partial charge in [0.05, 0.1) is 33.4 Å². The lowest BCUT2D eigenvalue weighted by molar-refractivity contribution is -0.128. The zero-order chi connectivity index (χ0) is 20.6. The maximum absolute atomic E-state index is 13.0. The Labute approximate surface area is 185 Å². The molecule has 1 fully saturated rings. The largest absolute Gasteiger partial charge is 0.493 e. The van der Waals surface area contributed by atoms with Crippen LogP contribution in [-0.4, -0.2) is 74.7 Å². The molecule has 2 heterocycles. The number of imide groups is 1. The number of amides is 2. The molecule has 3 rings (SSSR count). The SMILES string of the molecule is CCCCCOc1c(OC)ccc2c1CC(=O)N(CCCN1CCOCC1)C2=O.Cl. The quantitative estimate of drug-likeness (QED) is 0.411. The molecule has 0 N–H and O–H groups in total. The molecule has 30 heavy (non-hydrogen) atoms. The number of carbonyl (C=O) groups is 2. The normalized spacial score (nSPS) is 16.8. The molecule has 1 saturated heterocycles. The minimum Gasteiger partial charge on any atom is -0.493 e. The second-order valence-electron chi connectivity index (χ2n) is 7.51. The van der Waals surface area contributed by atoms with E-state index in [1.165, 1.54) is 4.90 Å². The van der Waals surface area contributed by atoms with Gasteiger partial charge in [0.2, 0.25) is 5.91 Å². The van der Waals surface area contributed by atoms with E-state index in [0.717, 1.165) is 58.5 Å². The summed E-state index contributed by atoms with van der Waals surface area (Å²) in [6.45, 7) is 7.29. The number of carbonyl (C=O) groups excluding carboxylic acids is 2. The van der Waals surface area contributed by atoms with Crippen molar-refractivity contribution in [3.05, 3.63) is 23.3 Å². The highest BCUT2D eigenvalue weighted by atomic mass is 35.5. The minimum atomic E-state index is -0.237.